The molecule has 0 aliphatic heterocycles. The maximum absolute atomic E-state index is 12.1. The van der Waals surface area contributed by atoms with Crippen molar-refractivity contribution in [1.29, 1.82) is 0 Å². The molecule has 0 atom stereocenters. The number of carbonyl (C=O) groups excluding carboxylic acids is 1. The average molecular weight is 389 g/mol. The van der Waals surface area contributed by atoms with E-state index in [1.165, 1.54) is 11.1 Å². The molecule has 0 saturated heterocycles. The highest BCUT2D eigenvalue weighted by Gasteiger charge is 2.10. The third-order valence-corrected chi connectivity index (χ3v) is 4.71. The molecular weight excluding hydrogens is 362 g/mol. The number of para-hydroxylation sites is 1. The molecule has 5 nitrogen and oxygen atoms in total. The normalized spacial score (nSPS) is 11.0. The van der Waals surface area contributed by atoms with Crippen LogP contribution < -0.4 is 10.1 Å². The van der Waals surface area contributed by atoms with E-state index in [9.17, 15) is 4.79 Å². The largest absolute Gasteiger partial charge is 0.492 e. The Kier molecular flexibility index (Phi) is 6.85. The van der Waals surface area contributed by atoms with E-state index in [4.69, 9.17) is 4.74 Å². The van der Waals surface area contributed by atoms with Gasteiger partial charge in [0.25, 0.3) is 0 Å². The molecule has 0 spiro atoms. The maximum atomic E-state index is 12.1. The second kappa shape index (κ2) is 9.73. The summed E-state index contributed by atoms with van der Waals surface area (Å²) in [7, 11) is 0. The minimum Gasteiger partial charge on any atom is -0.492 e. The van der Waals surface area contributed by atoms with Crippen LogP contribution in [0.2, 0.25) is 0 Å². The van der Waals surface area contributed by atoms with Crippen LogP contribution in [0.4, 0.5) is 0 Å². The smallest absolute Gasteiger partial charge is 0.244 e. The number of amides is 1. The lowest BCUT2D eigenvalue weighted by molar-refractivity contribution is -0.116. The number of ether oxygens (including phenoxy) is 1. The molecule has 1 N–H and O–H groups in total. The topological polar surface area (TPSA) is 56.2 Å². The van der Waals surface area contributed by atoms with Crippen LogP contribution >= 0.6 is 0 Å². The van der Waals surface area contributed by atoms with Gasteiger partial charge in [0.1, 0.15) is 12.4 Å². The predicted molar refractivity (Wildman–Crippen MR) is 116 cm³/mol. The summed E-state index contributed by atoms with van der Waals surface area (Å²) in [6.07, 6.45) is 3.38. The summed E-state index contributed by atoms with van der Waals surface area (Å²) < 4.78 is 7.55. The molecule has 3 rings (SSSR count). The number of hydrogen-bond acceptors (Lipinski definition) is 3. The van der Waals surface area contributed by atoms with Gasteiger partial charge in [-0.15, -0.1) is 0 Å². The van der Waals surface area contributed by atoms with Crippen LogP contribution in [0.3, 0.4) is 0 Å². The summed E-state index contributed by atoms with van der Waals surface area (Å²) >= 11 is 0. The Labute approximate surface area is 172 Å². The van der Waals surface area contributed by atoms with Gasteiger partial charge in [0, 0.05) is 17.3 Å². The Hall–Kier alpha value is -3.34. The van der Waals surface area contributed by atoms with Crippen molar-refractivity contribution in [1.82, 2.24) is 15.1 Å². The van der Waals surface area contributed by atoms with E-state index in [-0.39, 0.29) is 5.91 Å². The Bertz CT molecular complexity index is 973. The molecule has 5 heteroatoms. The predicted octanol–water partition coefficient (Wildman–Crippen LogP) is 4.07. The molecule has 1 heterocycles. The minimum atomic E-state index is -0.147. The van der Waals surface area contributed by atoms with Crippen LogP contribution in [0.5, 0.6) is 5.75 Å². The van der Waals surface area contributed by atoms with Gasteiger partial charge in [0.15, 0.2) is 0 Å². The van der Waals surface area contributed by atoms with Crippen LogP contribution in [-0.4, -0.2) is 28.8 Å². The quantitative estimate of drug-likeness (QED) is 0.467. The van der Waals surface area contributed by atoms with Gasteiger partial charge in [-0.2, -0.15) is 5.10 Å². The van der Waals surface area contributed by atoms with E-state index in [1.54, 1.807) is 6.08 Å². The third kappa shape index (κ3) is 5.82. The van der Waals surface area contributed by atoms with Crippen molar-refractivity contribution in [3.63, 3.8) is 0 Å². The summed E-state index contributed by atoms with van der Waals surface area (Å²) in [6.45, 7) is 7.65. The van der Waals surface area contributed by atoms with E-state index in [0.29, 0.717) is 19.7 Å². The molecule has 1 amide bonds. The summed E-state index contributed by atoms with van der Waals surface area (Å²) in [5, 5.41) is 7.46. The first-order valence-electron chi connectivity index (χ1n) is 9.76. The molecule has 29 heavy (non-hydrogen) atoms. The molecule has 150 valence electrons. The van der Waals surface area contributed by atoms with Gasteiger partial charge in [-0.3, -0.25) is 9.48 Å². The zero-order chi connectivity index (χ0) is 20.6. The maximum Gasteiger partial charge on any atom is 0.244 e. The van der Waals surface area contributed by atoms with Crippen LogP contribution in [0, 0.1) is 20.8 Å². The number of rotatable bonds is 8. The standard InChI is InChI=1S/C24H27N3O2/c1-18-9-11-21(12-10-18)17-27-20(3)23(19(2)26-27)13-14-24(28)25-15-16-29-22-7-5-4-6-8-22/h4-14H,15-17H2,1-3H3,(H,25,28). The number of hydrogen-bond donors (Lipinski definition) is 1. The van der Waals surface area contributed by atoms with Gasteiger partial charge in [-0.25, -0.2) is 0 Å². The molecule has 0 aliphatic rings. The van der Waals surface area contributed by atoms with Crippen LogP contribution in [0.25, 0.3) is 6.08 Å². The van der Waals surface area contributed by atoms with Crippen molar-refractivity contribution in [2.24, 2.45) is 0 Å². The first-order valence-corrected chi connectivity index (χ1v) is 9.76. The minimum absolute atomic E-state index is 0.147. The molecule has 2 aromatic carbocycles. The third-order valence-electron chi connectivity index (χ3n) is 4.71. The first kappa shape index (κ1) is 20.4. The molecule has 0 unspecified atom stereocenters. The summed E-state index contributed by atoms with van der Waals surface area (Å²) in [5.74, 6) is 0.649. The van der Waals surface area contributed by atoms with E-state index in [2.05, 4.69) is 41.6 Å². The van der Waals surface area contributed by atoms with E-state index in [1.807, 2.05) is 54.9 Å². The van der Waals surface area contributed by atoms with Crippen molar-refractivity contribution in [3.8, 4) is 5.75 Å². The molecule has 0 radical (unpaired) electrons. The number of aromatic nitrogens is 2. The molecule has 0 fully saturated rings. The molecule has 0 saturated carbocycles. The van der Waals surface area contributed by atoms with Gasteiger partial charge in [-0.1, -0.05) is 48.0 Å². The number of benzene rings is 2. The number of aryl methyl sites for hydroxylation is 2. The second-order valence-corrected chi connectivity index (χ2v) is 7.01. The zero-order valence-corrected chi connectivity index (χ0v) is 17.2. The summed E-state index contributed by atoms with van der Waals surface area (Å²) in [6, 6.07) is 18.0. The van der Waals surface area contributed by atoms with Gasteiger partial charge >= 0.3 is 0 Å². The Morgan fingerprint density at radius 3 is 2.52 bits per heavy atom. The SMILES string of the molecule is Cc1ccc(Cn2nc(C)c(C=CC(=O)NCCOc3ccccc3)c2C)cc1. The van der Waals surface area contributed by atoms with Crippen LogP contribution in [0.1, 0.15) is 28.1 Å². The zero-order valence-electron chi connectivity index (χ0n) is 17.2. The first-order chi connectivity index (χ1) is 14.0. The number of nitrogens with one attached hydrogen (secondary N) is 1. The Morgan fingerprint density at radius 1 is 1.07 bits per heavy atom. The fourth-order valence-electron chi connectivity index (χ4n) is 3.05. The van der Waals surface area contributed by atoms with Gasteiger partial charge < -0.3 is 10.1 Å². The van der Waals surface area contributed by atoms with E-state index < -0.39 is 0 Å². The molecule has 0 bridgehead atoms. The van der Waals surface area contributed by atoms with Gasteiger partial charge in [0.2, 0.25) is 5.91 Å². The van der Waals surface area contributed by atoms with Crippen LogP contribution in [0.15, 0.2) is 60.7 Å². The fraction of sp³-hybridized carbons (Fsp3) is 0.250. The highest BCUT2D eigenvalue weighted by Crippen LogP contribution is 2.16. The van der Waals surface area contributed by atoms with Crippen molar-refractivity contribution >= 4 is 12.0 Å². The van der Waals surface area contributed by atoms with Crippen LogP contribution in [-0.2, 0) is 11.3 Å². The van der Waals surface area contributed by atoms with Gasteiger partial charge in [-0.05, 0) is 44.5 Å². The molecule has 1 aromatic heterocycles. The van der Waals surface area contributed by atoms with Crippen molar-refractivity contribution in [2.45, 2.75) is 27.3 Å². The summed E-state index contributed by atoms with van der Waals surface area (Å²) in [4.78, 5) is 12.1. The lowest BCUT2D eigenvalue weighted by Crippen LogP contribution is -2.26. The Morgan fingerprint density at radius 2 is 1.79 bits per heavy atom. The van der Waals surface area contributed by atoms with E-state index >= 15 is 0 Å². The van der Waals surface area contributed by atoms with Crippen molar-refractivity contribution in [3.05, 3.63) is 88.8 Å². The number of carbonyl (C=O) groups is 1. The lowest BCUT2D eigenvalue weighted by Gasteiger charge is -2.06. The van der Waals surface area contributed by atoms with Crippen molar-refractivity contribution < 1.29 is 9.53 Å². The highest BCUT2D eigenvalue weighted by atomic mass is 16.5. The molecule has 0 aliphatic carbocycles. The number of nitrogens with zero attached hydrogens (tertiary/aromatic N) is 2. The van der Waals surface area contributed by atoms with Crippen molar-refractivity contribution in [2.75, 3.05) is 13.2 Å². The molecule has 3 aromatic rings. The van der Waals surface area contributed by atoms with Gasteiger partial charge in [0.05, 0.1) is 18.8 Å². The highest BCUT2D eigenvalue weighted by molar-refractivity contribution is 5.92. The second-order valence-electron chi connectivity index (χ2n) is 7.01. The summed E-state index contributed by atoms with van der Waals surface area (Å²) in [5.41, 5.74) is 5.37. The monoisotopic (exact) mass is 389 g/mol. The Balaban J connectivity index is 1.53. The molecular formula is C24H27N3O2. The fourth-order valence-corrected chi connectivity index (χ4v) is 3.05. The average Bonchev–Trinajstić information content (AvgIpc) is 2.99. The lowest BCUT2D eigenvalue weighted by atomic mass is 10.1. The van der Waals surface area contributed by atoms with E-state index in [0.717, 1.165) is 22.7 Å².